The Bertz CT molecular complexity index is 2320. The molecule has 0 aliphatic carbocycles. The summed E-state index contributed by atoms with van der Waals surface area (Å²) in [5, 5.41) is 9.97. The van der Waals surface area contributed by atoms with Gasteiger partial charge >= 0.3 is 12.4 Å². The van der Waals surface area contributed by atoms with Gasteiger partial charge in [0, 0.05) is 26.3 Å². The van der Waals surface area contributed by atoms with E-state index in [-0.39, 0.29) is 44.8 Å². The Morgan fingerprint density at radius 2 is 1.07 bits per heavy atom. The fourth-order valence-corrected chi connectivity index (χ4v) is 6.02. The van der Waals surface area contributed by atoms with Crippen molar-refractivity contribution in [1.29, 1.82) is 0 Å². The molecule has 0 heterocycles. The molecular weight excluding hydrogens is 713 g/mol. The van der Waals surface area contributed by atoms with Crippen molar-refractivity contribution in [2.24, 2.45) is 0 Å². The fraction of sp³-hybridized carbons (Fsp3) is 0.182. The van der Waals surface area contributed by atoms with Crippen LogP contribution >= 0.6 is 0 Å². The van der Waals surface area contributed by atoms with Crippen LogP contribution in [0.3, 0.4) is 0 Å². The number of halogens is 6. The summed E-state index contributed by atoms with van der Waals surface area (Å²) in [6.45, 7) is 3.75. The van der Waals surface area contributed by atoms with Gasteiger partial charge in [-0.3, -0.25) is 9.59 Å². The summed E-state index contributed by atoms with van der Waals surface area (Å²) in [5.41, 5.74) is 1.11. The Balaban J connectivity index is 0.000000240. The molecule has 6 rings (SSSR count). The summed E-state index contributed by atoms with van der Waals surface area (Å²) in [6.07, 6.45) is -8.42. The maximum absolute atomic E-state index is 12.8. The molecular formula is C44H36BF6N2O2. The smallest absolute Gasteiger partial charge is 0.350 e. The number of carbonyl (C=O) groups is 2. The lowest BCUT2D eigenvalue weighted by Crippen LogP contribution is -2.27. The number of fused-ring (bicyclic) bond motifs is 2. The second-order valence-corrected chi connectivity index (χ2v) is 12.6. The minimum absolute atomic E-state index is 0. The lowest BCUT2D eigenvalue weighted by molar-refractivity contribution is -0.138. The summed E-state index contributed by atoms with van der Waals surface area (Å²) in [5.74, 6) is 4.11. The van der Waals surface area contributed by atoms with Gasteiger partial charge in [0.1, 0.15) is 0 Å². The van der Waals surface area contributed by atoms with Crippen LogP contribution in [0.15, 0.2) is 133 Å². The number of hydrogen-bond acceptors (Lipinski definition) is 2. The number of alkyl halides is 6. The molecule has 2 N–H and O–H groups in total. The Hall–Kier alpha value is -6.02. The van der Waals surface area contributed by atoms with Gasteiger partial charge in [-0.2, -0.15) is 26.3 Å². The van der Waals surface area contributed by atoms with Gasteiger partial charge in [-0.1, -0.05) is 115 Å². The maximum atomic E-state index is 12.8. The highest BCUT2D eigenvalue weighted by atomic mass is 19.4. The molecule has 0 aromatic heterocycles. The first-order valence-electron chi connectivity index (χ1n) is 17.1. The molecule has 0 fully saturated rings. The van der Waals surface area contributed by atoms with Crippen LogP contribution in [0, 0.1) is 11.8 Å². The van der Waals surface area contributed by atoms with Gasteiger partial charge in [-0.25, -0.2) is 0 Å². The molecule has 0 bridgehead atoms. The molecule has 0 saturated carbocycles. The summed E-state index contributed by atoms with van der Waals surface area (Å²) in [4.78, 5) is 24.4. The summed E-state index contributed by atoms with van der Waals surface area (Å²) < 4.78 is 76.5. The molecule has 3 radical (unpaired) electrons. The van der Waals surface area contributed by atoms with Crippen LogP contribution < -0.4 is 10.6 Å². The minimum atomic E-state index is -4.44. The molecule has 4 nitrogen and oxygen atoms in total. The normalized spacial score (nSPS) is 12.2. The van der Waals surface area contributed by atoms with Crippen LogP contribution in [0.2, 0.25) is 0 Å². The molecule has 6 aromatic rings. The number of benzene rings is 6. The van der Waals surface area contributed by atoms with E-state index >= 15 is 0 Å². The quantitative estimate of drug-likeness (QED) is 0.0970. The molecule has 0 spiro atoms. The van der Waals surface area contributed by atoms with E-state index in [4.69, 9.17) is 0 Å². The maximum Gasteiger partial charge on any atom is 0.416 e. The average Bonchev–Trinajstić information content (AvgIpc) is 3.15. The lowest BCUT2D eigenvalue weighted by atomic mass is 9.99. The Morgan fingerprint density at radius 3 is 1.64 bits per heavy atom. The first-order valence-corrected chi connectivity index (χ1v) is 17.1. The van der Waals surface area contributed by atoms with Crippen molar-refractivity contribution in [2.75, 3.05) is 0 Å². The summed E-state index contributed by atoms with van der Waals surface area (Å²) in [6, 6.07) is 36.7. The van der Waals surface area contributed by atoms with Crippen LogP contribution in [-0.4, -0.2) is 20.2 Å². The summed E-state index contributed by atoms with van der Waals surface area (Å²) in [7, 11) is 0. The van der Waals surface area contributed by atoms with Crippen molar-refractivity contribution < 1.29 is 35.9 Å². The zero-order valence-electron chi connectivity index (χ0n) is 29.9. The standard InChI is InChI=1S/C22H20F3NO.C22H16F3NO.B/c2*1-15(19-11-5-8-17-7-2-3-10-20(17)19)26-21(27)13-12-16-6-4-9-18(14-16)22(23,24)25;/h2-11,14-15H,12-13H2,1H3,(H,26,27);2-11,14-15H,1H3,(H,26,27);/t2*15-;/m11./s1. The van der Waals surface area contributed by atoms with E-state index < -0.39 is 29.4 Å². The molecule has 0 aliphatic heterocycles. The molecule has 0 saturated heterocycles. The van der Waals surface area contributed by atoms with Crippen molar-refractivity contribution in [1.82, 2.24) is 10.6 Å². The molecule has 6 aromatic carbocycles. The molecule has 0 unspecified atom stereocenters. The van der Waals surface area contributed by atoms with Gasteiger partial charge in [0.25, 0.3) is 5.91 Å². The van der Waals surface area contributed by atoms with E-state index in [1.807, 2.05) is 98.8 Å². The van der Waals surface area contributed by atoms with E-state index in [0.717, 1.165) is 56.9 Å². The summed E-state index contributed by atoms with van der Waals surface area (Å²) >= 11 is 0. The third-order valence-electron chi connectivity index (χ3n) is 8.71. The zero-order chi connectivity index (χ0) is 38.9. The van der Waals surface area contributed by atoms with Gasteiger partial charge < -0.3 is 10.6 Å². The van der Waals surface area contributed by atoms with Crippen LogP contribution in [-0.2, 0) is 28.4 Å². The second kappa shape index (κ2) is 18.3. The monoisotopic (exact) mass is 749 g/mol. The highest BCUT2D eigenvalue weighted by Gasteiger charge is 2.31. The molecule has 279 valence electrons. The van der Waals surface area contributed by atoms with Gasteiger partial charge in [0.2, 0.25) is 5.91 Å². The predicted octanol–water partition coefficient (Wildman–Crippen LogP) is 10.4. The van der Waals surface area contributed by atoms with Crippen molar-refractivity contribution in [3.63, 3.8) is 0 Å². The van der Waals surface area contributed by atoms with Crippen LogP contribution in [0.4, 0.5) is 26.3 Å². The number of amides is 2. The number of aryl methyl sites for hydroxylation is 1. The van der Waals surface area contributed by atoms with E-state index in [1.54, 1.807) is 6.07 Å². The fourth-order valence-electron chi connectivity index (χ4n) is 6.02. The predicted molar refractivity (Wildman–Crippen MR) is 205 cm³/mol. The van der Waals surface area contributed by atoms with E-state index in [9.17, 15) is 35.9 Å². The van der Waals surface area contributed by atoms with Gasteiger partial charge in [-0.05, 0) is 82.8 Å². The first kappa shape index (κ1) is 41.7. The molecule has 11 heteroatoms. The molecule has 55 heavy (non-hydrogen) atoms. The minimum Gasteiger partial charge on any atom is -0.350 e. The van der Waals surface area contributed by atoms with Crippen LogP contribution in [0.1, 0.15) is 65.7 Å². The van der Waals surface area contributed by atoms with E-state index in [1.165, 1.54) is 18.2 Å². The number of nitrogens with one attached hydrogen (secondary N) is 2. The Morgan fingerprint density at radius 1 is 0.600 bits per heavy atom. The Labute approximate surface area is 317 Å². The van der Waals surface area contributed by atoms with E-state index in [2.05, 4.69) is 22.5 Å². The van der Waals surface area contributed by atoms with Crippen molar-refractivity contribution >= 4 is 41.8 Å². The second-order valence-electron chi connectivity index (χ2n) is 12.6. The third-order valence-corrected chi connectivity index (χ3v) is 8.71. The highest BCUT2D eigenvalue weighted by Crippen LogP contribution is 2.31. The SMILES string of the molecule is C[C@@H](NC(=O)C#Cc1cccc(C(F)(F)F)c1)c1cccc2ccccc12.C[C@@H](NC(=O)CCc1cccc(C(F)(F)F)c1)c1cccc2ccccc12.[B]. The largest absolute Gasteiger partial charge is 0.416 e. The van der Waals surface area contributed by atoms with Gasteiger partial charge in [0.05, 0.1) is 23.2 Å². The van der Waals surface area contributed by atoms with E-state index in [0.29, 0.717) is 5.56 Å². The first-order chi connectivity index (χ1) is 25.7. The topological polar surface area (TPSA) is 58.2 Å². The van der Waals surface area contributed by atoms with Crippen molar-refractivity contribution in [2.45, 2.75) is 51.1 Å². The molecule has 0 aliphatic rings. The molecule has 2 atom stereocenters. The number of rotatable bonds is 7. The lowest BCUT2D eigenvalue weighted by Gasteiger charge is -2.17. The highest BCUT2D eigenvalue weighted by molar-refractivity contribution is 5.95. The van der Waals surface area contributed by atoms with Crippen LogP contribution in [0.5, 0.6) is 0 Å². The van der Waals surface area contributed by atoms with Gasteiger partial charge in [0.15, 0.2) is 0 Å². The van der Waals surface area contributed by atoms with Crippen molar-refractivity contribution in [3.05, 3.63) is 167 Å². The Kier molecular flexibility index (Phi) is 13.9. The third kappa shape index (κ3) is 11.5. The van der Waals surface area contributed by atoms with Gasteiger partial charge in [-0.15, -0.1) is 0 Å². The van der Waals surface area contributed by atoms with Crippen molar-refractivity contribution in [3.8, 4) is 11.8 Å². The van der Waals surface area contributed by atoms with Crippen LogP contribution in [0.25, 0.3) is 21.5 Å². The number of hydrogen-bond donors (Lipinski definition) is 2. The average molecular weight is 750 g/mol. The number of carbonyl (C=O) groups excluding carboxylic acids is 2. The molecule has 2 amide bonds. The zero-order valence-corrected chi connectivity index (χ0v) is 29.9.